The number of hydrogen-bond acceptors (Lipinski definition) is 4. The second kappa shape index (κ2) is 4.92. The molecule has 0 fully saturated rings. The van der Waals surface area contributed by atoms with Crippen LogP contribution in [0.25, 0.3) is 0 Å². The molecule has 0 radical (unpaired) electrons. The van der Waals surface area contributed by atoms with Gasteiger partial charge in [0.1, 0.15) is 10.8 Å². The molecule has 3 nitrogen and oxygen atoms in total. The SMILES string of the molecule is ClCc1nnc(Oc2ccccc2Br)s1. The highest BCUT2D eigenvalue weighted by Gasteiger charge is 2.07. The molecular formula is C9H6BrClN2OS. The summed E-state index contributed by atoms with van der Waals surface area (Å²) in [5.41, 5.74) is 0. The zero-order valence-electron chi connectivity index (χ0n) is 7.48. The summed E-state index contributed by atoms with van der Waals surface area (Å²) in [6.45, 7) is 0. The number of ether oxygens (including phenoxy) is 1. The van der Waals surface area contributed by atoms with E-state index in [1.54, 1.807) is 0 Å². The van der Waals surface area contributed by atoms with Gasteiger partial charge in [-0.15, -0.1) is 16.7 Å². The fourth-order valence-corrected chi connectivity index (χ4v) is 2.09. The monoisotopic (exact) mass is 304 g/mol. The van der Waals surface area contributed by atoms with Gasteiger partial charge in [0.2, 0.25) is 0 Å². The number of para-hydroxylation sites is 1. The van der Waals surface area contributed by atoms with E-state index in [2.05, 4.69) is 26.1 Å². The van der Waals surface area contributed by atoms with Crippen molar-refractivity contribution in [1.29, 1.82) is 0 Å². The lowest BCUT2D eigenvalue weighted by molar-refractivity contribution is 0.470. The van der Waals surface area contributed by atoms with E-state index >= 15 is 0 Å². The maximum absolute atomic E-state index is 5.62. The number of rotatable bonds is 3. The molecular weight excluding hydrogens is 300 g/mol. The highest BCUT2D eigenvalue weighted by molar-refractivity contribution is 9.10. The van der Waals surface area contributed by atoms with E-state index in [0.717, 1.165) is 15.2 Å². The van der Waals surface area contributed by atoms with Crippen molar-refractivity contribution < 1.29 is 4.74 Å². The lowest BCUT2D eigenvalue weighted by atomic mass is 10.3. The second-order valence-corrected chi connectivity index (χ2v) is 4.77. The molecule has 1 aromatic heterocycles. The van der Waals surface area contributed by atoms with E-state index in [-0.39, 0.29) is 0 Å². The zero-order chi connectivity index (χ0) is 10.7. The van der Waals surface area contributed by atoms with Crippen LogP contribution in [0.15, 0.2) is 28.7 Å². The van der Waals surface area contributed by atoms with Crippen molar-refractivity contribution >= 4 is 38.9 Å². The second-order valence-electron chi connectivity index (χ2n) is 2.63. The van der Waals surface area contributed by atoms with Crippen LogP contribution in [0.3, 0.4) is 0 Å². The van der Waals surface area contributed by atoms with Gasteiger partial charge in [-0.2, -0.15) is 0 Å². The van der Waals surface area contributed by atoms with Gasteiger partial charge in [-0.1, -0.05) is 28.6 Å². The first-order valence-electron chi connectivity index (χ1n) is 4.10. The first-order chi connectivity index (χ1) is 7.29. The Labute approximate surface area is 104 Å². The van der Waals surface area contributed by atoms with Crippen molar-refractivity contribution in [3.63, 3.8) is 0 Å². The molecule has 0 spiro atoms. The summed E-state index contributed by atoms with van der Waals surface area (Å²) in [7, 11) is 0. The van der Waals surface area contributed by atoms with Crippen LogP contribution in [0.2, 0.25) is 0 Å². The molecule has 2 rings (SSSR count). The molecule has 15 heavy (non-hydrogen) atoms. The number of nitrogens with zero attached hydrogens (tertiary/aromatic N) is 2. The topological polar surface area (TPSA) is 35.0 Å². The van der Waals surface area contributed by atoms with Crippen molar-refractivity contribution in [3.8, 4) is 10.9 Å². The summed E-state index contributed by atoms with van der Waals surface area (Å²) in [5.74, 6) is 1.08. The Balaban J connectivity index is 2.18. The highest BCUT2D eigenvalue weighted by atomic mass is 79.9. The first kappa shape index (κ1) is 10.9. The fourth-order valence-electron chi connectivity index (χ4n) is 0.955. The standard InChI is InChI=1S/C9H6BrClN2OS/c10-6-3-1-2-4-7(6)14-9-13-12-8(5-11)15-9/h1-4H,5H2. The minimum absolute atomic E-state index is 0.358. The van der Waals surface area contributed by atoms with Crippen molar-refractivity contribution in [2.24, 2.45) is 0 Å². The molecule has 2 aromatic rings. The third kappa shape index (κ3) is 2.68. The van der Waals surface area contributed by atoms with Gasteiger partial charge in [0.15, 0.2) is 0 Å². The maximum atomic E-state index is 5.62. The Morgan fingerprint density at radius 2 is 2.13 bits per heavy atom. The molecule has 0 saturated carbocycles. The zero-order valence-corrected chi connectivity index (χ0v) is 10.6. The van der Waals surface area contributed by atoms with Gasteiger partial charge in [-0.3, -0.25) is 0 Å². The van der Waals surface area contributed by atoms with Gasteiger partial charge < -0.3 is 4.74 Å². The van der Waals surface area contributed by atoms with E-state index in [0.29, 0.717) is 11.1 Å². The molecule has 1 heterocycles. The number of benzene rings is 1. The van der Waals surface area contributed by atoms with Gasteiger partial charge in [-0.05, 0) is 28.1 Å². The number of aromatic nitrogens is 2. The quantitative estimate of drug-likeness (QED) is 0.808. The molecule has 0 N–H and O–H groups in total. The Kier molecular flexibility index (Phi) is 3.56. The van der Waals surface area contributed by atoms with Crippen molar-refractivity contribution in [3.05, 3.63) is 33.7 Å². The maximum Gasteiger partial charge on any atom is 0.299 e. The predicted octanol–water partition coefficient (Wildman–Crippen LogP) is 3.83. The van der Waals surface area contributed by atoms with Gasteiger partial charge in [0.25, 0.3) is 5.19 Å². The lowest BCUT2D eigenvalue weighted by Gasteiger charge is -2.01. The van der Waals surface area contributed by atoms with E-state index < -0.39 is 0 Å². The van der Waals surface area contributed by atoms with Crippen LogP contribution >= 0.6 is 38.9 Å². The molecule has 0 saturated heterocycles. The molecule has 1 aromatic carbocycles. The van der Waals surface area contributed by atoms with Crippen LogP contribution in [-0.2, 0) is 5.88 Å². The van der Waals surface area contributed by atoms with Gasteiger partial charge in [0, 0.05) is 0 Å². The van der Waals surface area contributed by atoms with Crippen molar-refractivity contribution in [2.45, 2.75) is 5.88 Å². The van der Waals surface area contributed by atoms with Crippen molar-refractivity contribution in [2.75, 3.05) is 0 Å². The average Bonchev–Trinajstić information content (AvgIpc) is 2.69. The van der Waals surface area contributed by atoms with Crippen LogP contribution in [0.5, 0.6) is 10.9 Å². The van der Waals surface area contributed by atoms with Gasteiger partial charge in [0.05, 0.1) is 10.4 Å². The summed E-state index contributed by atoms with van der Waals surface area (Å²) in [6, 6.07) is 7.56. The third-order valence-corrected chi connectivity index (χ3v) is 3.46. The van der Waals surface area contributed by atoms with Crippen LogP contribution in [0.4, 0.5) is 0 Å². The smallest absolute Gasteiger partial charge is 0.299 e. The van der Waals surface area contributed by atoms with Gasteiger partial charge >= 0.3 is 0 Å². The van der Waals surface area contributed by atoms with E-state index in [1.807, 2.05) is 24.3 Å². The molecule has 0 aliphatic heterocycles. The molecule has 0 aliphatic rings. The summed E-state index contributed by atoms with van der Waals surface area (Å²) < 4.78 is 6.41. The summed E-state index contributed by atoms with van der Waals surface area (Å²) >= 11 is 10.3. The molecule has 0 atom stereocenters. The third-order valence-electron chi connectivity index (χ3n) is 1.60. The Hall–Kier alpha value is -0.650. The first-order valence-corrected chi connectivity index (χ1v) is 6.24. The van der Waals surface area contributed by atoms with Crippen LogP contribution in [0.1, 0.15) is 5.01 Å². The summed E-state index contributed by atoms with van der Waals surface area (Å²) in [6.07, 6.45) is 0. The van der Waals surface area contributed by atoms with E-state index in [4.69, 9.17) is 16.3 Å². The van der Waals surface area contributed by atoms with Crippen LogP contribution in [-0.4, -0.2) is 10.2 Å². The molecule has 0 amide bonds. The number of halogens is 2. The van der Waals surface area contributed by atoms with Crippen LogP contribution < -0.4 is 4.74 Å². The minimum atomic E-state index is 0.358. The van der Waals surface area contributed by atoms with E-state index in [9.17, 15) is 0 Å². The lowest BCUT2D eigenvalue weighted by Crippen LogP contribution is -1.83. The fraction of sp³-hybridized carbons (Fsp3) is 0.111. The normalized spacial score (nSPS) is 10.3. The van der Waals surface area contributed by atoms with Crippen molar-refractivity contribution in [1.82, 2.24) is 10.2 Å². The number of hydrogen-bond donors (Lipinski definition) is 0. The molecule has 78 valence electrons. The highest BCUT2D eigenvalue weighted by Crippen LogP contribution is 2.30. The Morgan fingerprint density at radius 1 is 1.33 bits per heavy atom. The van der Waals surface area contributed by atoms with E-state index in [1.165, 1.54) is 11.3 Å². The largest absolute Gasteiger partial charge is 0.429 e. The van der Waals surface area contributed by atoms with Gasteiger partial charge in [-0.25, -0.2) is 0 Å². The van der Waals surface area contributed by atoms with Crippen LogP contribution in [0, 0.1) is 0 Å². The summed E-state index contributed by atoms with van der Waals surface area (Å²) in [5, 5.41) is 8.97. The molecule has 0 unspecified atom stereocenters. The predicted molar refractivity (Wildman–Crippen MR) is 63.7 cm³/mol. The minimum Gasteiger partial charge on any atom is -0.429 e. The number of alkyl halides is 1. The molecule has 6 heteroatoms. The summed E-state index contributed by atoms with van der Waals surface area (Å²) in [4.78, 5) is 0. The average molecular weight is 306 g/mol. The molecule has 0 bridgehead atoms. The Morgan fingerprint density at radius 3 is 2.80 bits per heavy atom. The Bertz CT molecular complexity index is 463. The molecule has 0 aliphatic carbocycles.